The van der Waals surface area contributed by atoms with E-state index in [-0.39, 0.29) is 12.5 Å². The van der Waals surface area contributed by atoms with Crippen LogP contribution < -0.4 is 5.32 Å². The molecule has 0 aliphatic heterocycles. The highest BCUT2D eigenvalue weighted by Gasteiger charge is 2.18. The Balaban J connectivity index is 1.39. The molecular weight excluding hydrogens is 392 g/mol. The number of nitrogens with one attached hydrogen (secondary N) is 1. The minimum atomic E-state index is -0.397. The molecular formula is C21H22N2O3S2. The first kappa shape index (κ1) is 20.2. The van der Waals surface area contributed by atoms with Crippen LogP contribution >= 0.6 is 22.7 Å². The molecule has 1 aromatic carbocycles. The van der Waals surface area contributed by atoms with Crippen LogP contribution in [0.5, 0.6) is 0 Å². The molecule has 0 saturated heterocycles. The Morgan fingerprint density at radius 2 is 1.93 bits per heavy atom. The van der Waals surface area contributed by atoms with E-state index in [4.69, 9.17) is 4.74 Å². The van der Waals surface area contributed by atoms with Crippen molar-refractivity contribution in [3.63, 3.8) is 0 Å². The van der Waals surface area contributed by atoms with Crippen molar-refractivity contribution in [3.05, 3.63) is 63.5 Å². The van der Waals surface area contributed by atoms with Crippen LogP contribution in [0.15, 0.2) is 41.8 Å². The molecule has 7 heteroatoms. The molecule has 3 rings (SSSR count). The van der Waals surface area contributed by atoms with Crippen LogP contribution in [0.4, 0.5) is 0 Å². The van der Waals surface area contributed by atoms with Crippen LogP contribution in [0.3, 0.4) is 0 Å². The van der Waals surface area contributed by atoms with Crippen LogP contribution in [-0.4, -0.2) is 30.0 Å². The Labute approximate surface area is 172 Å². The molecule has 0 aliphatic rings. The van der Waals surface area contributed by atoms with E-state index in [1.807, 2.05) is 48.7 Å². The molecule has 5 nitrogen and oxygen atoms in total. The third kappa shape index (κ3) is 5.50. The number of ether oxygens (including phenoxy) is 1. The molecule has 1 amide bonds. The smallest absolute Gasteiger partial charge is 0.350 e. The lowest BCUT2D eigenvalue weighted by Gasteiger charge is -2.06. The van der Waals surface area contributed by atoms with E-state index in [1.54, 1.807) is 18.3 Å². The van der Waals surface area contributed by atoms with Gasteiger partial charge in [-0.1, -0.05) is 35.9 Å². The van der Waals surface area contributed by atoms with E-state index >= 15 is 0 Å². The van der Waals surface area contributed by atoms with Crippen molar-refractivity contribution < 1.29 is 14.3 Å². The maximum absolute atomic E-state index is 12.3. The summed E-state index contributed by atoms with van der Waals surface area (Å²) >= 11 is 2.92. The zero-order chi connectivity index (χ0) is 19.9. The summed E-state index contributed by atoms with van der Waals surface area (Å²) in [6.45, 7) is 4.28. The van der Waals surface area contributed by atoms with Gasteiger partial charge in [0.15, 0.2) is 0 Å². The lowest BCUT2D eigenvalue weighted by Crippen LogP contribution is -2.28. The Morgan fingerprint density at radius 3 is 2.64 bits per heavy atom. The topological polar surface area (TPSA) is 68.3 Å². The van der Waals surface area contributed by atoms with Gasteiger partial charge in [0, 0.05) is 6.42 Å². The molecule has 0 bridgehead atoms. The number of thiophene rings is 1. The average molecular weight is 415 g/mol. The second-order valence-electron chi connectivity index (χ2n) is 6.38. The Morgan fingerprint density at radius 1 is 1.14 bits per heavy atom. The number of amides is 1. The number of hydrogen-bond acceptors (Lipinski definition) is 6. The number of nitrogens with zero attached hydrogens (tertiary/aromatic N) is 1. The molecule has 0 saturated carbocycles. The third-order valence-corrected chi connectivity index (χ3v) is 6.31. The summed E-state index contributed by atoms with van der Waals surface area (Å²) in [5.74, 6) is -0.447. The van der Waals surface area contributed by atoms with Crippen molar-refractivity contribution in [1.29, 1.82) is 0 Å². The monoisotopic (exact) mass is 414 g/mol. The first-order valence-corrected chi connectivity index (χ1v) is 10.7. The zero-order valence-electron chi connectivity index (χ0n) is 15.9. The standard InChI is InChI=1S/C21H22N2O3S2/c1-14-5-7-16(8-6-14)9-10-18(24)22-11-12-26-21(25)19-15(2)23-20(28-19)17-4-3-13-27-17/h3-8,13H,9-12H2,1-2H3,(H,22,24). The van der Waals surface area contributed by atoms with Gasteiger partial charge >= 0.3 is 5.97 Å². The molecule has 0 fully saturated rings. The Kier molecular flexibility index (Phi) is 6.95. The van der Waals surface area contributed by atoms with Gasteiger partial charge in [-0.3, -0.25) is 4.79 Å². The van der Waals surface area contributed by atoms with E-state index in [9.17, 15) is 9.59 Å². The van der Waals surface area contributed by atoms with E-state index in [1.165, 1.54) is 16.9 Å². The summed E-state index contributed by atoms with van der Waals surface area (Å²) in [5, 5.41) is 5.59. The molecule has 1 N–H and O–H groups in total. The number of esters is 1. The quantitative estimate of drug-likeness (QED) is 0.438. The van der Waals surface area contributed by atoms with Gasteiger partial charge in [-0.2, -0.15) is 0 Å². The molecule has 146 valence electrons. The number of thiazole rings is 1. The zero-order valence-corrected chi connectivity index (χ0v) is 17.5. The van der Waals surface area contributed by atoms with E-state index in [0.717, 1.165) is 15.4 Å². The molecule has 0 radical (unpaired) electrons. The normalized spacial score (nSPS) is 10.6. The van der Waals surface area contributed by atoms with Crippen LogP contribution in [0.1, 0.15) is 32.9 Å². The number of carbonyl (C=O) groups is 2. The van der Waals surface area contributed by atoms with Gasteiger partial charge in [0.2, 0.25) is 5.91 Å². The lowest BCUT2D eigenvalue weighted by molar-refractivity contribution is -0.121. The largest absolute Gasteiger partial charge is 0.460 e. The SMILES string of the molecule is Cc1ccc(CCC(=O)NCCOC(=O)c2sc(-c3cccs3)nc2C)cc1. The molecule has 3 aromatic rings. The predicted molar refractivity (Wildman–Crippen MR) is 113 cm³/mol. The summed E-state index contributed by atoms with van der Waals surface area (Å²) in [7, 11) is 0. The Hall–Kier alpha value is -2.51. The molecule has 0 unspecified atom stereocenters. The number of aryl methyl sites for hydroxylation is 3. The summed E-state index contributed by atoms with van der Waals surface area (Å²) < 4.78 is 5.29. The van der Waals surface area contributed by atoms with Crippen molar-refractivity contribution in [3.8, 4) is 9.88 Å². The highest BCUT2D eigenvalue weighted by molar-refractivity contribution is 7.22. The van der Waals surface area contributed by atoms with Gasteiger partial charge in [-0.15, -0.1) is 22.7 Å². The summed E-state index contributed by atoms with van der Waals surface area (Å²) in [6, 6.07) is 12.1. The maximum atomic E-state index is 12.3. The van der Waals surface area contributed by atoms with Crippen molar-refractivity contribution in [1.82, 2.24) is 10.3 Å². The van der Waals surface area contributed by atoms with Crippen molar-refractivity contribution in [2.75, 3.05) is 13.2 Å². The second-order valence-corrected chi connectivity index (χ2v) is 8.33. The second kappa shape index (κ2) is 9.61. The van der Waals surface area contributed by atoms with E-state index in [0.29, 0.717) is 30.0 Å². The van der Waals surface area contributed by atoms with E-state index < -0.39 is 5.97 Å². The fourth-order valence-corrected chi connectivity index (χ4v) is 4.35. The van der Waals surface area contributed by atoms with Gasteiger partial charge in [0.25, 0.3) is 0 Å². The molecule has 0 atom stereocenters. The summed E-state index contributed by atoms with van der Waals surface area (Å²) in [5.41, 5.74) is 3.00. The van der Waals surface area contributed by atoms with Gasteiger partial charge in [-0.25, -0.2) is 9.78 Å². The van der Waals surface area contributed by atoms with Gasteiger partial charge in [0.05, 0.1) is 17.1 Å². The average Bonchev–Trinajstić information content (AvgIpc) is 3.34. The lowest BCUT2D eigenvalue weighted by atomic mass is 10.1. The van der Waals surface area contributed by atoms with Crippen molar-refractivity contribution >= 4 is 34.6 Å². The predicted octanol–water partition coefficient (Wildman–Crippen LogP) is 4.39. The van der Waals surface area contributed by atoms with Gasteiger partial charge < -0.3 is 10.1 Å². The van der Waals surface area contributed by atoms with Gasteiger partial charge in [-0.05, 0) is 37.3 Å². The fraction of sp³-hybridized carbons (Fsp3) is 0.286. The van der Waals surface area contributed by atoms with Crippen molar-refractivity contribution in [2.24, 2.45) is 0 Å². The highest BCUT2D eigenvalue weighted by atomic mass is 32.1. The number of benzene rings is 1. The minimum absolute atomic E-state index is 0.0504. The molecule has 28 heavy (non-hydrogen) atoms. The van der Waals surface area contributed by atoms with Crippen LogP contribution in [-0.2, 0) is 16.0 Å². The van der Waals surface area contributed by atoms with Crippen molar-refractivity contribution in [2.45, 2.75) is 26.7 Å². The number of rotatable bonds is 8. The fourth-order valence-electron chi connectivity index (χ4n) is 2.59. The molecule has 0 spiro atoms. The number of hydrogen-bond donors (Lipinski definition) is 1. The first-order chi connectivity index (χ1) is 13.5. The summed E-state index contributed by atoms with van der Waals surface area (Å²) in [6.07, 6.45) is 1.10. The third-order valence-electron chi connectivity index (χ3n) is 4.13. The number of aromatic nitrogens is 1. The first-order valence-electron chi connectivity index (χ1n) is 9.03. The maximum Gasteiger partial charge on any atom is 0.350 e. The Bertz CT molecular complexity index is 931. The minimum Gasteiger partial charge on any atom is -0.460 e. The van der Waals surface area contributed by atoms with Crippen LogP contribution in [0, 0.1) is 13.8 Å². The number of carbonyl (C=O) groups excluding carboxylic acids is 2. The van der Waals surface area contributed by atoms with Crippen LogP contribution in [0.25, 0.3) is 9.88 Å². The molecule has 2 aromatic heterocycles. The summed E-state index contributed by atoms with van der Waals surface area (Å²) in [4.78, 5) is 30.2. The molecule has 2 heterocycles. The van der Waals surface area contributed by atoms with E-state index in [2.05, 4.69) is 10.3 Å². The molecule has 0 aliphatic carbocycles. The highest BCUT2D eigenvalue weighted by Crippen LogP contribution is 2.31. The van der Waals surface area contributed by atoms with Crippen LogP contribution in [0.2, 0.25) is 0 Å². The van der Waals surface area contributed by atoms with Gasteiger partial charge in [0.1, 0.15) is 16.5 Å².